The summed E-state index contributed by atoms with van der Waals surface area (Å²) in [6, 6.07) is 17.7. The van der Waals surface area contributed by atoms with E-state index in [0.29, 0.717) is 12.1 Å². The minimum atomic E-state index is 0.518. The molecule has 1 saturated carbocycles. The minimum Gasteiger partial charge on any atom is -0.497 e. The zero-order valence-corrected chi connectivity index (χ0v) is 15.8. The van der Waals surface area contributed by atoms with Gasteiger partial charge in [-0.05, 0) is 48.2 Å². The summed E-state index contributed by atoms with van der Waals surface area (Å²) >= 11 is 0. The average Bonchev–Trinajstić information content (AvgIpc) is 2.72. The highest BCUT2D eigenvalue weighted by molar-refractivity contribution is 5.28. The standard InChI is InChI=1S/C22H30N2O2/c1-25-19-11-7-17(8-12-19)15-23-21-5-3-4-6-22(21)24-16-18-9-13-20(26-2)14-10-18/h7-14,21-24H,3-6,15-16H2,1-2H3. The molecule has 0 spiro atoms. The third-order valence-electron chi connectivity index (χ3n) is 5.22. The number of nitrogens with one attached hydrogen (secondary N) is 2. The molecule has 0 aliphatic heterocycles. The maximum atomic E-state index is 5.23. The van der Waals surface area contributed by atoms with Gasteiger partial charge in [-0.15, -0.1) is 0 Å². The molecular formula is C22H30N2O2. The maximum absolute atomic E-state index is 5.23. The molecule has 2 unspecified atom stereocenters. The lowest BCUT2D eigenvalue weighted by molar-refractivity contribution is 0.281. The van der Waals surface area contributed by atoms with Gasteiger partial charge in [-0.3, -0.25) is 0 Å². The number of methoxy groups -OCH3 is 2. The zero-order chi connectivity index (χ0) is 18.2. The van der Waals surface area contributed by atoms with Gasteiger partial charge in [-0.25, -0.2) is 0 Å². The first-order chi connectivity index (χ1) is 12.8. The van der Waals surface area contributed by atoms with Crippen molar-refractivity contribution in [2.75, 3.05) is 14.2 Å². The molecule has 2 aromatic carbocycles. The molecule has 2 atom stereocenters. The molecule has 140 valence electrons. The molecule has 1 fully saturated rings. The summed E-state index contributed by atoms with van der Waals surface area (Å²) in [6.07, 6.45) is 5.08. The van der Waals surface area contributed by atoms with E-state index in [0.717, 1.165) is 24.6 Å². The van der Waals surface area contributed by atoms with E-state index in [9.17, 15) is 0 Å². The fourth-order valence-corrected chi connectivity index (χ4v) is 3.60. The van der Waals surface area contributed by atoms with Crippen LogP contribution in [0.2, 0.25) is 0 Å². The molecule has 0 radical (unpaired) electrons. The molecule has 2 aromatic rings. The van der Waals surface area contributed by atoms with Gasteiger partial charge in [0.25, 0.3) is 0 Å². The number of hydrogen-bond acceptors (Lipinski definition) is 4. The second kappa shape index (κ2) is 9.60. The molecule has 0 heterocycles. The van der Waals surface area contributed by atoms with Crippen molar-refractivity contribution in [1.29, 1.82) is 0 Å². The molecule has 0 bridgehead atoms. The third-order valence-corrected chi connectivity index (χ3v) is 5.22. The van der Waals surface area contributed by atoms with Crippen molar-refractivity contribution in [1.82, 2.24) is 10.6 Å². The fraction of sp³-hybridized carbons (Fsp3) is 0.455. The van der Waals surface area contributed by atoms with E-state index in [2.05, 4.69) is 34.9 Å². The monoisotopic (exact) mass is 354 g/mol. The van der Waals surface area contributed by atoms with Crippen LogP contribution in [-0.2, 0) is 13.1 Å². The summed E-state index contributed by atoms with van der Waals surface area (Å²) in [5.41, 5.74) is 2.59. The molecule has 1 aliphatic carbocycles. The van der Waals surface area contributed by atoms with Crippen LogP contribution in [0.5, 0.6) is 11.5 Å². The Morgan fingerprint density at radius 1 is 0.692 bits per heavy atom. The topological polar surface area (TPSA) is 42.5 Å². The zero-order valence-electron chi connectivity index (χ0n) is 15.8. The van der Waals surface area contributed by atoms with Crippen LogP contribution in [0.4, 0.5) is 0 Å². The predicted molar refractivity (Wildman–Crippen MR) is 106 cm³/mol. The summed E-state index contributed by atoms with van der Waals surface area (Å²) in [4.78, 5) is 0. The van der Waals surface area contributed by atoms with Crippen LogP contribution in [0.15, 0.2) is 48.5 Å². The van der Waals surface area contributed by atoms with Gasteiger partial charge in [0.1, 0.15) is 11.5 Å². The Bertz CT molecular complexity index is 595. The van der Waals surface area contributed by atoms with Crippen LogP contribution in [-0.4, -0.2) is 26.3 Å². The SMILES string of the molecule is COc1ccc(CNC2CCCCC2NCc2ccc(OC)cc2)cc1. The van der Waals surface area contributed by atoms with Crippen LogP contribution < -0.4 is 20.1 Å². The van der Waals surface area contributed by atoms with Crippen molar-refractivity contribution in [3.05, 3.63) is 59.7 Å². The molecule has 4 nitrogen and oxygen atoms in total. The normalized spacial score (nSPS) is 19.9. The molecule has 0 aromatic heterocycles. The maximum Gasteiger partial charge on any atom is 0.118 e. The van der Waals surface area contributed by atoms with Crippen LogP contribution >= 0.6 is 0 Å². The largest absolute Gasteiger partial charge is 0.497 e. The van der Waals surface area contributed by atoms with Gasteiger partial charge in [0.15, 0.2) is 0 Å². The van der Waals surface area contributed by atoms with Crippen molar-refractivity contribution in [3.8, 4) is 11.5 Å². The third kappa shape index (κ3) is 5.23. The van der Waals surface area contributed by atoms with E-state index in [4.69, 9.17) is 9.47 Å². The molecule has 2 N–H and O–H groups in total. The number of rotatable bonds is 8. The molecule has 0 saturated heterocycles. The number of hydrogen-bond donors (Lipinski definition) is 2. The quantitative estimate of drug-likeness (QED) is 0.755. The Labute approximate surface area is 156 Å². The highest BCUT2D eigenvalue weighted by Crippen LogP contribution is 2.20. The number of ether oxygens (including phenoxy) is 2. The summed E-state index contributed by atoms with van der Waals surface area (Å²) < 4.78 is 10.5. The van der Waals surface area contributed by atoms with Crippen LogP contribution in [0.25, 0.3) is 0 Å². The summed E-state index contributed by atoms with van der Waals surface area (Å²) in [5.74, 6) is 1.82. The van der Waals surface area contributed by atoms with E-state index in [1.807, 2.05) is 24.3 Å². The minimum absolute atomic E-state index is 0.518. The Morgan fingerprint density at radius 2 is 1.08 bits per heavy atom. The Kier molecular flexibility index (Phi) is 6.92. The summed E-state index contributed by atoms with van der Waals surface area (Å²) in [5, 5.41) is 7.51. The summed E-state index contributed by atoms with van der Waals surface area (Å²) in [7, 11) is 3.41. The second-order valence-corrected chi connectivity index (χ2v) is 6.96. The van der Waals surface area contributed by atoms with Gasteiger partial charge in [0.05, 0.1) is 14.2 Å². The van der Waals surface area contributed by atoms with Gasteiger partial charge in [-0.1, -0.05) is 37.1 Å². The van der Waals surface area contributed by atoms with Crippen molar-refractivity contribution < 1.29 is 9.47 Å². The first kappa shape index (κ1) is 18.7. The van der Waals surface area contributed by atoms with E-state index in [1.165, 1.54) is 36.8 Å². The first-order valence-electron chi connectivity index (χ1n) is 9.51. The lowest BCUT2D eigenvalue weighted by atomic mass is 9.90. The predicted octanol–water partition coefficient (Wildman–Crippen LogP) is 3.89. The Balaban J connectivity index is 1.51. The highest BCUT2D eigenvalue weighted by Gasteiger charge is 2.24. The van der Waals surface area contributed by atoms with Crippen molar-refractivity contribution in [2.24, 2.45) is 0 Å². The van der Waals surface area contributed by atoms with E-state index in [-0.39, 0.29) is 0 Å². The van der Waals surface area contributed by atoms with Crippen molar-refractivity contribution in [3.63, 3.8) is 0 Å². The molecule has 0 amide bonds. The van der Waals surface area contributed by atoms with E-state index < -0.39 is 0 Å². The molecular weight excluding hydrogens is 324 g/mol. The Morgan fingerprint density at radius 3 is 1.42 bits per heavy atom. The smallest absolute Gasteiger partial charge is 0.118 e. The fourth-order valence-electron chi connectivity index (χ4n) is 3.60. The van der Waals surface area contributed by atoms with E-state index in [1.54, 1.807) is 14.2 Å². The molecule has 3 rings (SSSR count). The summed E-state index contributed by atoms with van der Waals surface area (Å²) in [6.45, 7) is 1.80. The second-order valence-electron chi connectivity index (χ2n) is 6.96. The number of benzene rings is 2. The average molecular weight is 354 g/mol. The molecule has 4 heteroatoms. The lowest BCUT2D eigenvalue weighted by Gasteiger charge is -2.33. The first-order valence-corrected chi connectivity index (χ1v) is 9.51. The van der Waals surface area contributed by atoms with Crippen molar-refractivity contribution >= 4 is 0 Å². The van der Waals surface area contributed by atoms with Crippen LogP contribution in [0.3, 0.4) is 0 Å². The van der Waals surface area contributed by atoms with Crippen LogP contribution in [0, 0.1) is 0 Å². The Hall–Kier alpha value is -2.04. The van der Waals surface area contributed by atoms with Gasteiger partial charge in [0, 0.05) is 25.2 Å². The van der Waals surface area contributed by atoms with Crippen LogP contribution in [0.1, 0.15) is 36.8 Å². The highest BCUT2D eigenvalue weighted by atomic mass is 16.5. The van der Waals surface area contributed by atoms with Gasteiger partial charge in [-0.2, -0.15) is 0 Å². The molecule has 26 heavy (non-hydrogen) atoms. The van der Waals surface area contributed by atoms with E-state index >= 15 is 0 Å². The molecule has 1 aliphatic rings. The van der Waals surface area contributed by atoms with Gasteiger partial charge >= 0.3 is 0 Å². The lowest BCUT2D eigenvalue weighted by Crippen LogP contribution is -2.49. The van der Waals surface area contributed by atoms with Gasteiger partial charge in [0.2, 0.25) is 0 Å². The van der Waals surface area contributed by atoms with Crippen molar-refractivity contribution in [2.45, 2.75) is 50.9 Å². The van der Waals surface area contributed by atoms with Gasteiger partial charge < -0.3 is 20.1 Å².